The highest BCUT2D eigenvalue weighted by atomic mass is 32.1. The Balaban J connectivity index is 1.99. The minimum absolute atomic E-state index is 0.366. The lowest BCUT2D eigenvalue weighted by Gasteiger charge is -2.13. The summed E-state index contributed by atoms with van der Waals surface area (Å²) in [5.74, 6) is 0. The zero-order valence-electron chi connectivity index (χ0n) is 10.3. The summed E-state index contributed by atoms with van der Waals surface area (Å²) in [4.78, 5) is 7.45. The average molecular weight is 243 g/mol. The molecular weight excluding hydrogens is 222 g/mol. The number of nitrogens with one attached hydrogen (secondary N) is 1. The topological polar surface area (TPSA) is 37.4 Å². The zero-order valence-corrected chi connectivity index (χ0v) is 11.1. The second-order valence-electron chi connectivity index (χ2n) is 4.00. The van der Waals surface area contributed by atoms with Gasteiger partial charge in [0.2, 0.25) is 0 Å². The second kappa shape index (κ2) is 7.73. The Morgan fingerprint density at radius 1 is 1.50 bits per heavy atom. The van der Waals surface area contributed by atoms with Gasteiger partial charge in [-0.15, -0.1) is 11.3 Å². The molecule has 0 aliphatic heterocycles. The van der Waals surface area contributed by atoms with E-state index in [0.29, 0.717) is 6.04 Å². The van der Waals surface area contributed by atoms with E-state index in [-0.39, 0.29) is 0 Å². The van der Waals surface area contributed by atoms with Crippen LogP contribution in [-0.4, -0.2) is 50.3 Å². The molecule has 1 atom stereocenters. The van der Waals surface area contributed by atoms with Crippen LogP contribution in [0.3, 0.4) is 0 Å². The molecule has 5 heteroatoms. The van der Waals surface area contributed by atoms with Gasteiger partial charge in [0.1, 0.15) is 0 Å². The maximum absolute atomic E-state index is 5.50. The van der Waals surface area contributed by atoms with Crippen molar-refractivity contribution in [1.29, 1.82) is 0 Å². The minimum Gasteiger partial charge on any atom is -0.379 e. The summed E-state index contributed by atoms with van der Waals surface area (Å²) in [6.45, 7) is 5.56. The third-order valence-corrected chi connectivity index (χ3v) is 3.22. The molecule has 0 spiro atoms. The van der Waals surface area contributed by atoms with Crippen LogP contribution in [0.5, 0.6) is 0 Å². The van der Waals surface area contributed by atoms with Crippen LogP contribution in [0.15, 0.2) is 11.7 Å². The van der Waals surface area contributed by atoms with Gasteiger partial charge >= 0.3 is 0 Å². The molecule has 0 saturated carbocycles. The van der Waals surface area contributed by atoms with Gasteiger partial charge in [-0.3, -0.25) is 4.98 Å². The third kappa shape index (κ3) is 5.55. The van der Waals surface area contributed by atoms with Crippen LogP contribution in [-0.2, 0) is 4.74 Å². The van der Waals surface area contributed by atoms with Gasteiger partial charge in [-0.25, -0.2) is 0 Å². The van der Waals surface area contributed by atoms with Crippen LogP contribution in [0.1, 0.15) is 17.8 Å². The van der Waals surface area contributed by atoms with Gasteiger partial charge in [0, 0.05) is 30.2 Å². The molecule has 0 saturated heterocycles. The van der Waals surface area contributed by atoms with Crippen LogP contribution in [0.25, 0.3) is 0 Å². The molecule has 1 heterocycles. The van der Waals surface area contributed by atoms with Crippen LogP contribution < -0.4 is 5.32 Å². The summed E-state index contributed by atoms with van der Waals surface area (Å²) in [6, 6.07) is 0.366. The molecule has 0 bridgehead atoms. The van der Waals surface area contributed by atoms with Crippen molar-refractivity contribution in [3.05, 3.63) is 16.6 Å². The van der Waals surface area contributed by atoms with Gasteiger partial charge in [-0.1, -0.05) is 0 Å². The van der Waals surface area contributed by atoms with E-state index in [4.69, 9.17) is 4.74 Å². The molecule has 0 aliphatic carbocycles. The van der Waals surface area contributed by atoms with Crippen LogP contribution >= 0.6 is 11.3 Å². The predicted octanol–water partition coefficient (Wildman–Crippen LogP) is 1.37. The maximum Gasteiger partial charge on any atom is 0.0794 e. The molecular formula is C11H21N3OS. The van der Waals surface area contributed by atoms with Gasteiger partial charge < -0.3 is 15.0 Å². The molecule has 1 unspecified atom stereocenters. The van der Waals surface area contributed by atoms with Crippen LogP contribution in [0.2, 0.25) is 0 Å². The Hall–Kier alpha value is -0.490. The number of ether oxygens (including phenoxy) is 1. The molecule has 0 amide bonds. The number of thiazole rings is 1. The normalized spacial score (nSPS) is 13.2. The number of hydrogen-bond acceptors (Lipinski definition) is 5. The molecule has 16 heavy (non-hydrogen) atoms. The first-order chi connectivity index (χ1) is 7.70. The van der Waals surface area contributed by atoms with Crippen molar-refractivity contribution in [1.82, 2.24) is 15.2 Å². The third-order valence-electron chi connectivity index (χ3n) is 2.26. The summed E-state index contributed by atoms with van der Waals surface area (Å²) in [6.07, 6.45) is 1.91. The van der Waals surface area contributed by atoms with Crippen molar-refractivity contribution >= 4 is 11.3 Å². The average Bonchev–Trinajstić information content (AvgIpc) is 2.75. The van der Waals surface area contributed by atoms with Crippen LogP contribution in [0.4, 0.5) is 0 Å². The molecule has 0 fully saturated rings. The monoisotopic (exact) mass is 243 g/mol. The first-order valence-electron chi connectivity index (χ1n) is 5.54. The summed E-state index contributed by atoms with van der Waals surface area (Å²) >= 11 is 1.68. The van der Waals surface area contributed by atoms with E-state index in [1.54, 1.807) is 11.3 Å². The lowest BCUT2D eigenvalue weighted by molar-refractivity contribution is 0.118. The van der Waals surface area contributed by atoms with Crippen molar-refractivity contribution in [3.63, 3.8) is 0 Å². The first kappa shape index (κ1) is 13.6. The number of nitrogens with zero attached hydrogens (tertiary/aromatic N) is 2. The molecule has 0 radical (unpaired) electrons. The highest BCUT2D eigenvalue weighted by Gasteiger charge is 2.04. The second-order valence-corrected chi connectivity index (χ2v) is 4.91. The Morgan fingerprint density at radius 2 is 2.31 bits per heavy atom. The van der Waals surface area contributed by atoms with E-state index in [1.807, 2.05) is 25.8 Å². The molecule has 92 valence electrons. The van der Waals surface area contributed by atoms with Crippen molar-refractivity contribution < 1.29 is 4.74 Å². The Labute approximate surface area is 102 Å². The van der Waals surface area contributed by atoms with Gasteiger partial charge in [-0.2, -0.15) is 0 Å². The maximum atomic E-state index is 5.50. The number of likely N-dealkylation sites (N-methyl/N-ethyl adjacent to an activating group) is 1. The quantitative estimate of drug-likeness (QED) is 0.700. The predicted molar refractivity (Wildman–Crippen MR) is 67.9 cm³/mol. The number of hydrogen-bond donors (Lipinski definition) is 1. The first-order valence-corrected chi connectivity index (χ1v) is 6.42. The van der Waals surface area contributed by atoms with E-state index < -0.39 is 0 Å². The van der Waals surface area contributed by atoms with E-state index in [1.165, 1.54) is 4.88 Å². The summed E-state index contributed by atoms with van der Waals surface area (Å²) in [7, 11) is 4.10. The molecule has 0 aromatic carbocycles. The fraction of sp³-hybridized carbons (Fsp3) is 0.727. The zero-order chi connectivity index (χ0) is 11.8. The molecule has 4 nitrogen and oxygen atoms in total. The highest BCUT2D eigenvalue weighted by molar-refractivity contribution is 7.09. The smallest absolute Gasteiger partial charge is 0.0794 e. The van der Waals surface area contributed by atoms with Gasteiger partial charge in [-0.05, 0) is 21.0 Å². The SMILES string of the molecule is CC(NCCOCCN(C)C)c1cncs1. The van der Waals surface area contributed by atoms with E-state index >= 15 is 0 Å². The fourth-order valence-corrected chi connectivity index (χ4v) is 1.89. The highest BCUT2D eigenvalue weighted by Crippen LogP contribution is 2.15. The Morgan fingerprint density at radius 3 is 2.94 bits per heavy atom. The van der Waals surface area contributed by atoms with E-state index in [2.05, 4.69) is 22.1 Å². The molecule has 0 aliphatic rings. The summed E-state index contributed by atoms with van der Waals surface area (Å²) in [5.41, 5.74) is 1.86. The standard InChI is InChI=1S/C11H21N3OS/c1-10(11-8-12-9-16-11)13-4-6-15-7-5-14(2)3/h8-10,13H,4-7H2,1-3H3. The largest absolute Gasteiger partial charge is 0.379 e. The van der Waals surface area contributed by atoms with Crippen molar-refractivity contribution in [2.24, 2.45) is 0 Å². The lowest BCUT2D eigenvalue weighted by atomic mass is 10.3. The minimum atomic E-state index is 0.366. The fourth-order valence-electron chi connectivity index (χ4n) is 1.24. The Kier molecular flexibility index (Phi) is 6.56. The number of rotatable bonds is 8. The van der Waals surface area contributed by atoms with Gasteiger partial charge in [0.25, 0.3) is 0 Å². The van der Waals surface area contributed by atoms with Crippen molar-refractivity contribution in [2.75, 3.05) is 40.4 Å². The molecule has 1 aromatic heterocycles. The summed E-state index contributed by atoms with van der Waals surface area (Å²) < 4.78 is 5.50. The van der Waals surface area contributed by atoms with E-state index in [0.717, 1.165) is 26.3 Å². The van der Waals surface area contributed by atoms with Crippen molar-refractivity contribution in [3.8, 4) is 0 Å². The van der Waals surface area contributed by atoms with Gasteiger partial charge in [0.15, 0.2) is 0 Å². The number of aromatic nitrogens is 1. The molecule has 1 N–H and O–H groups in total. The lowest BCUT2D eigenvalue weighted by Crippen LogP contribution is -2.24. The molecule has 1 aromatic rings. The van der Waals surface area contributed by atoms with Gasteiger partial charge in [0.05, 0.1) is 18.7 Å². The molecule has 1 rings (SSSR count). The van der Waals surface area contributed by atoms with Crippen LogP contribution in [0, 0.1) is 0 Å². The van der Waals surface area contributed by atoms with E-state index in [9.17, 15) is 0 Å². The Bertz CT molecular complexity index is 264. The van der Waals surface area contributed by atoms with Crippen molar-refractivity contribution in [2.45, 2.75) is 13.0 Å². The summed E-state index contributed by atoms with van der Waals surface area (Å²) in [5, 5.41) is 3.40.